The molecule has 0 spiro atoms. The minimum absolute atomic E-state index is 0.0653. The van der Waals surface area contributed by atoms with E-state index in [-0.39, 0.29) is 12.1 Å². The van der Waals surface area contributed by atoms with Crippen LogP contribution in [0.15, 0.2) is 0 Å². The van der Waals surface area contributed by atoms with Gasteiger partial charge in [0.05, 0.1) is 0 Å². The molecule has 0 aromatic carbocycles. The largest absolute Gasteiger partial charge is 0.462 e. The minimum Gasteiger partial charge on any atom is -0.462 e. The van der Waals surface area contributed by atoms with Crippen LogP contribution in [0, 0.1) is 11.8 Å². The van der Waals surface area contributed by atoms with Crippen molar-refractivity contribution >= 4 is 5.97 Å². The zero-order valence-corrected chi connectivity index (χ0v) is 13.9. The predicted octanol–water partition coefficient (Wildman–Crippen LogP) is 5.64. The fourth-order valence-electron chi connectivity index (χ4n) is 4.14. The molecule has 2 rings (SSSR count). The molecule has 2 heteroatoms. The molecule has 2 saturated carbocycles. The van der Waals surface area contributed by atoms with E-state index < -0.39 is 0 Å². The number of fused-ring (bicyclic) bond motifs is 2. The van der Waals surface area contributed by atoms with Gasteiger partial charge in [-0.1, -0.05) is 58.3 Å². The molecule has 0 saturated heterocycles. The van der Waals surface area contributed by atoms with Crippen molar-refractivity contribution in [3.05, 3.63) is 0 Å². The number of esters is 1. The van der Waals surface area contributed by atoms with Crippen LogP contribution < -0.4 is 0 Å². The van der Waals surface area contributed by atoms with Crippen molar-refractivity contribution in [1.82, 2.24) is 0 Å². The van der Waals surface area contributed by atoms with Crippen LogP contribution in [0.5, 0.6) is 0 Å². The third kappa shape index (κ3) is 6.00. The zero-order chi connectivity index (χ0) is 14.9. The van der Waals surface area contributed by atoms with E-state index in [0.29, 0.717) is 12.3 Å². The van der Waals surface area contributed by atoms with E-state index in [1.165, 1.54) is 70.6 Å². The molecule has 2 aliphatic rings. The summed E-state index contributed by atoms with van der Waals surface area (Å²) >= 11 is 0. The Bertz CT molecular complexity index is 300. The summed E-state index contributed by atoms with van der Waals surface area (Å²) in [5.41, 5.74) is 0. The van der Waals surface area contributed by atoms with Crippen molar-refractivity contribution < 1.29 is 9.53 Å². The van der Waals surface area contributed by atoms with Crippen LogP contribution in [0.1, 0.15) is 96.8 Å². The molecule has 0 aromatic heterocycles. The number of hydrogen-bond donors (Lipinski definition) is 0. The Morgan fingerprint density at radius 1 is 0.905 bits per heavy atom. The second-order valence-corrected chi connectivity index (χ2v) is 7.28. The first-order chi connectivity index (χ1) is 10.3. The third-order valence-corrected chi connectivity index (χ3v) is 5.44. The molecule has 3 atom stereocenters. The highest BCUT2D eigenvalue weighted by Crippen LogP contribution is 2.45. The lowest BCUT2D eigenvalue weighted by atomic mass is 9.98. The van der Waals surface area contributed by atoms with Crippen LogP contribution in [0.4, 0.5) is 0 Å². The summed E-state index contributed by atoms with van der Waals surface area (Å²) in [6.45, 7) is 2.26. The van der Waals surface area contributed by atoms with Crippen LogP contribution in [0.2, 0.25) is 0 Å². The first-order valence-electron chi connectivity index (χ1n) is 9.49. The number of ether oxygens (including phenoxy) is 1. The van der Waals surface area contributed by atoms with Crippen molar-refractivity contribution in [1.29, 1.82) is 0 Å². The molecule has 0 amide bonds. The lowest BCUT2D eigenvalue weighted by Crippen LogP contribution is -2.23. The molecular weight excluding hydrogens is 260 g/mol. The lowest BCUT2D eigenvalue weighted by molar-refractivity contribution is -0.151. The standard InChI is InChI=1S/C19H34O2/c1-2-3-4-5-6-7-8-9-10-11-19(20)21-18-15-16-12-13-17(18)14-16/h16-18H,2-15H2,1H3. The summed E-state index contributed by atoms with van der Waals surface area (Å²) in [5, 5.41) is 0. The molecular formula is C19H34O2. The molecule has 2 nitrogen and oxygen atoms in total. The minimum atomic E-state index is 0.0653. The SMILES string of the molecule is CCCCCCCCCCCC(=O)OC1CC2CCC1C2. The number of hydrogen-bond acceptors (Lipinski definition) is 2. The molecule has 3 unspecified atom stereocenters. The van der Waals surface area contributed by atoms with Gasteiger partial charge in [-0.15, -0.1) is 0 Å². The maximum atomic E-state index is 11.9. The second kappa shape index (κ2) is 9.48. The molecule has 0 radical (unpaired) electrons. The highest BCUT2D eigenvalue weighted by Gasteiger charge is 2.41. The maximum absolute atomic E-state index is 11.9. The molecule has 122 valence electrons. The van der Waals surface area contributed by atoms with Gasteiger partial charge in [0.15, 0.2) is 0 Å². The Morgan fingerprint density at radius 3 is 2.14 bits per heavy atom. The summed E-state index contributed by atoms with van der Waals surface area (Å²) < 4.78 is 5.68. The highest BCUT2D eigenvalue weighted by atomic mass is 16.5. The lowest BCUT2D eigenvalue weighted by Gasteiger charge is -2.21. The van der Waals surface area contributed by atoms with Crippen molar-refractivity contribution in [3.63, 3.8) is 0 Å². The molecule has 0 N–H and O–H groups in total. The Labute approximate surface area is 131 Å². The van der Waals surface area contributed by atoms with Crippen LogP contribution in [0.25, 0.3) is 0 Å². The quantitative estimate of drug-likeness (QED) is 0.364. The van der Waals surface area contributed by atoms with E-state index in [9.17, 15) is 4.79 Å². The van der Waals surface area contributed by atoms with Crippen molar-refractivity contribution in [2.75, 3.05) is 0 Å². The summed E-state index contributed by atoms with van der Waals surface area (Å²) in [7, 11) is 0. The van der Waals surface area contributed by atoms with Crippen LogP contribution in [-0.4, -0.2) is 12.1 Å². The Balaban J connectivity index is 1.39. The van der Waals surface area contributed by atoms with Gasteiger partial charge < -0.3 is 4.74 Å². The summed E-state index contributed by atoms with van der Waals surface area (Å²) in [6, 6.07) is 0. The van der Waals surface area contributed by atoms with Crippen LogP contribution in [-0.2, 0) is 9.53 Å². The van der Waals surface area contributed by atoms with Gasteiger partial charge in [-0.3, -0.25) is 4.79 Å². The van der Waals surface area contributed by atoms with Gasteiger partial charge >= 0.3 is 5.97 Å². The fourth-order valence-corrected chi connectivity index (χ4v) is 4.14. The molecule has 2 aliphatic carbocycles. The van der Waals surface area contributed by atoms with Gasteiger partial charge in [0.2, 0.25) is 0 Å². The van der Waals surface area contributed by atoms with E-state index in [2.05, 4.69) is 6.92 Å². The van der Waals surface area contributed by atoms with Crippen molar-refractivity contribution in [2.45, 2.75) is 103 Å². The maximum Gasteiger partial charge on any atom is 0.306 e. The third-order valence-electron chi connectivity index (χ3n) is 5.44. The molecule has 0 aromatic rings. The summed E-state index contributed by atoms with van der Waals surface area (Å²) in [5.74, 6) is 1.62. The Hall–Kier alpha value is -0.530. The first-order valence-corrected chi connectivity index (χ1v) is 9.49. The van der Waals surface area contributed by atoms with Gasteiger partial charge in [0.25, 0.3) is 0 Å². The van der Waals surface area contributed by atoms with Crippen LogP contribution in [0.3, 0.4) is 0 Å². The fraction of sp³-hybridized carbons (Fsp3) is 0.947. The Kier molecular flexibility index (Phi) is 7.60. The summed E-state index contributed by atoms with van der Waals surface area (Å²) in [4.78, 5) is 11.9. The van der Waals surface area contributed by atoms with E-state index in [1.807, 2.05) is 0 Å². The van der Waals surface area contributed by atoms with Gasteiger partial charge in [0.1, 0.15) is 6.10 Å². The molecule has 0 heterocycles. The van der Waals surface area contributed by atoms with Gasteiger partial charge in [0, 0.05) is 6.42 Å². The van der Waals surface area contributed by atoms with Gasteiger partial charge in [-0.2, -0.15) is 0 Å². The van der Waals surface area contributed by atoms with Crippen molar-refractivity contribution in [2.24, 2.45) is 11.8 Å². The van der Waals surface area contributed by atoms with E-state index in [0.717, 1.165) is 18.8 Å². The topological polar surface area (TPSA) is 26.3 Å². The molecule has 2 bridgehead atoms. The average molecular weight is 294 g/mol. The molecule has 21 heavy (non-hydrogen) atoms. The van der Waals surface area contributed by atoms with Gasteiger partial charge in [-0.25, -0.2) is 0 Å². The predicted molar refractivity (Wildman–Crippen MR) is 87.2 cm³/mol. The second-order valence-electron chi connectivity index (χ2n) is 7.28. The Morgan fingerprint density at radius 2 is 1.57 bits per heavy atom. The monoisotopic (exact) mass is 294 g/mol. The number of unbranched alkanes of at least 4 members (excludes halogenated alkanes) is 8. The van der Waals surface area contributed by atoms with Gasteiger partial charge in [-0.05, 0) is 43.9 Å². The first kappa shape index (κ1) is 16.8. The zero-order valence-electron chi connectivity index (χ0n) is 13.9. The molecule has 0 aliphatic heterocycles. The number of carbonyl (C=O) groups excluding carboxylic acids is 1. The summed E-state index contributed by atoms with van der Waals surface area (Å²) in [6.07, 6.45) is 17.7. The molecule has 2 fully saturated rings. The van der Waals surface area contributed by atoms with Crippen LogP contribution >= 0.6 is 0 Å². The smallest absolute Gasteiger partial charge is 0.306 e. The van der Waals surface area contributed by atoms with E-state index >= 15 is 0 Å². The van der Waals surface area contributed by atoms with E-state index in [4.69, 9.17) is 4.74 Å². The number of rotatable bonds is 11. The highest BCUT2D eigenvalue weighted by molar-refractivity contribution is 5.69. The van der Waals surface area contributed by atoms with Crippen molar-refractivity contribution in [3.8, 4) is 0 Å². The average Bonchev–Trinajstić information content (AvgIpc) is 3.08. The van der Waals surface area contributed by atoms with E-state index in [1.54, 1.807) is 0 Å². The number of carbonyl (C=O) groups is 1. The normalized spacial score (nSPS) is 27.2.